The van der Waals surface area contributed by atoms with Crippen LogP contribution in [0.1, 0.15) is 33.8 Å². The van der Waals surface area contributed by atoms with Crippen LogP contribution in [0.4, 0.5) is 5.82 Å². The van der Waals surface area contributed by atoms with Crippen molar-refractivity contribution in [2.24, 2.45) is 0 Å². The van der Waals surface area contributed by atoms with Gasteiger partial charge in [-0.05, 0) is 6.42 Å². The van der Waals surface area contributed by atoms with Gasteiger partial charge in [-0.1, -0.05) is 0 Å². The Labute approximate surface area is 142 Å². The molecule has 3 aliphatic rings. The van der Waals surface area contributed by atoms with E-state index in [0.717, 1.165) is 31.1 Å². The van der Waals surface area contributed by atoms with Gasteiger partial charge >= 0.3 is 0 Å². The number of rotatable bonds is 2. The molecule has 0 aromatic carbocycles. The molecule has 1 aromatic heterocycles. The first kappa shape index (κ1) is 15.6. The molecule has 1 unspecified atom stereocenters. The van der Waals surface area contributed by atoms with Crippen molar-refractivity contribution in [3.63, 3.8) is 0 Å². The van der Waals surface area contributed by atoms with Crippen LogP contribution in [0, 0.1) is 0 Å². The largest absolute Gasteiger partial charge is 0.353 e. The third-order valence-corrected chi connectivity index (χ3v) is 4.57. The zero-order chi connectivity index (χ0) is 17.6. The number of imide groups is 2. The van der Waals surface area contributed by atoms with Gasteiger partial charge in [0.2, 0.25) is 11.8 Å². The van der Waals surface area contributed by atoms with Crippen LogP contribution in [0.5, 0.6) is 0 Å². The van der Waals surface area contributed by atoms with Gasteiger partial charge in [0.15, 0.2) is 11.4 Å². The van der Waals surface area contributed by atoms with Gasteiger partial charge < -0.3 is 10.2 Å². The Hall–Kier alpha value is -2.88. The molecule has 10 heteroatoms. The molecule has 4 heterocycles. The summed E-state index contributed by atoms with van der Waals surface area (Å²) in [5, 5.41) is 5.38. The fraction of sp³-hybridized carbons (Fsp3) is 0.467. The van der Waals surface area contributed by atoms with Crippen LogP contribution in [-0.4, -0.2) is 70.7 Å². The van der Waals surface area contributed by atoms with Crippen molar-refractivity contribution in [1.29, 1.82) is 0 Å². The Morgan fingerprint density at radius 2 is 1.76 bits per heavy atom. The molecule has 2 fully saturated rings. The molecule has 4 rings (SSSR count). The second-order valence-electron chi connectivity index (χ2n) is 6.11. The van der Waals surface area contributed by atoms with E-state index in [9.17, 15) is 19.2 Å². The molecular weight excluding hydrogens is 328 g/mol. The maximum Gasteiger partial charge on any atom is 0.282 e. The number of nitrogens with one attached hydrogen (secondary N) is 2. The highest BCUT2D eigenvalue weighted by molar-refractivity contribution is 6.21. The van der Waals surface area contributed by atoms with Gasteiger partial charge in [0, 0.05) is 32.6 Å². The highest BCUT2D eigenvalue weighted by atomic mass is 16.2. The van der Waals surface area contributed by atoms with Gasteiger partial charge in [0.1, 0.15) is 11.9 Å². The van der Waals surface area contributed by atoms with Crippen LogP contribution in [0.15, 0.2) is 6.20 Å². The Morgan fingerprint density at radius 3 is 2.48 bits per heavy atom. The predicted octanol–water partition coefficient (Wildman–Crippen LogP) is -1.71. The molecule has 25 heavy (non-hydrogen) atoms. The molecule has 2 saturated heterocycles. The maximum atomic E-state index is 12.7. The predicted molar refractivity (Wildman–Crippen MR) is 83.8 cm³/mol. The number of piperidine rings is 1. The summed E-state index contributed by atoms with van der Waals surface area (Å²) in [4.78, 5) is 59.8. The number of carbonyl (C=O) groups excluding carboxylic acids is 4. The van der Waals surface area contributed by atoms with Crippen LogP contribution >= 0.6 is 0 Å². The van der Waals surface area contributed by atoms with E-state index >= 15 is 0 Å². The SMILES string of the molecule is O=C1CCC(N2C(=O)c3ncc(N4CCNCC4)nc3C2=O)C(=O)N1. The van der Waals surface area contributed by atoms with E-state index in [0.29, 0.717) is 5.82 Å². The quantitative estimate of drug-likeness (QED) is 0.608. The fourth-order valence-electron chi connectivity index (χ4n) is 3.26. The molecule has 0 bridgehead atoms. The monoisotopic (exact) mass is 344 g/mol. The third-order valence-electron chi connectivity index (χ3n) is 4.57. The highest BCUT2D eigenvalue weighted by Gasteiger charge is 2.46. The van der Waals surface area contributed by atoms with Gasteiger partial charge in [-0.25, -0.2) is 9.97 Å². The minimum absolute atomic E-state index is 0.0364. The average Bonchev–Trinajstić information content (AvgIpc) is 2.87. The van der Waals surface area contributed by atoms with Gasteiger partial charge in [0.25, 0.3) is 11.8 Å². The number of nitrogens with zero attached hydrogens (tertiary/aromatic N) is 4. The lowest BCUT2D eigenvalue weighted by molar-refractivity contribution is -0.136. The summed E-state index contributed by atoms with van der Waals surface area (Å²) in [6, 6.07) is -1.00. The zero-order valence-corrected chi connectivity index (χ0v) is 13.3. The second kappa shape index (κ2) is 5.88. The van der Waals surface area contributed by atoms with Crippen molar-refractivity contribution in [2.75, 3.05) is 31.1 Å². The number of hydrogen-bond donors (Lipinski definition) is 2. The van der Waals surface area contributed by atoms with Crippen molar-refractivity contribution >= 4 is 29.4 Å². The van der Waals surface area contributed by atoms with Gasteiger partial charge in [0.05, 0.1) is 6.20 Å². The number of aromatic nitrogens is 2. The number of fused-ring (bicyclic) bond motifs is 1. The highest BCUT2D eigenvalue weighted by Crippen LogP contribution is 2.26. The van der Waals surface area contributed by atoms with E-state index < -0.39 is 29.7 Å². The summed E-state index contributed by atoms with van der Waals surface area (Å²) in [5.41, 5.74) is -0.0840. The number of piperazine rings is 1. The second-order valence-corrected chi connectivity index (χ2v) is 6.11. The van der Waals surface area contributed by atoms with E-state index in [1.54, 1.807) is 0 Å². The van der Waals surface area contributed by atoms with Crippen molar-refractivity contribution in [3.05, 3.63) is 17.6 Å². The van der Waals surface area contributed by atoms with Crippen LogP contribution in [-0.2, 0) is 9.59 Å². The van der Waals surface area contributed by atoms with Crippen molar-refractivity contribution in [3.8, 4) is 0 Å². The zero-order valence-electron chi connectivity index (χ0n) is 13.3. The van der Waals surface area contributed by atoms with Crippen LogP contribution in [0.2, 0.25) is 0 Å². The minimum Gasteiger partial charge on any atom is -0.353 e. The molecule has 3 aliphatic heterocycles. The third kappa shape index (κ3) is 2.54. The molecule has 0 spiro atoms. The average molecular weight is 344 g/mol. The van der Waals surface area contributed by atoms with Gasteiger partial charge in [-0.3, -0.25) is 29.4 Å². The summed E-state index contributed by atoms with van der Waals surface area (Å²) in [5.74, 6) is -1.80. The topological polar surface area (TPSA) is 125 Å². The van der Waals surface area contributed by atoms with E-state index in [-0.39, 0.29) is 24.2 Å². The fourth-order valence-corrected chi connectivity index (χ4v) is 3.26. The summed E-state index contributed by atoms with van der Waals surface area (Å²) >= 11 is 0. The molecule has 10 nitrogen and oxygen atoms in total. The molecule has 0 radical (unpaired) electrons. The Kier molecular flexibility index (Phi) is 3.68. The minimum atomic E-state index is -1.00. The van der Waals surface area contributed by atoms with Crippen molar-refractivity contribution in [2.45, 2.75) is 18.9 Å². The number of amides is 4. The molecule has 0 aliphatic carbocycles. The lowest BCUT2D eigenvalue weighted by atomic mass is 10.0. The van der Waals surface area contributed by atoms with Crippen LogP contribution in [0.25, 0.3) is 0 Å². The summed E-state index contributed by atoms with van der Waals surface area (Å²) in [7, 11) is 0. The first-order chi connectivity index (χ1) is 12.1. The first-order valence-electron chi connectivity index (χ1n) is 8.10. The lowest BCUT2D eigenvalue weighted by Gasteiger charge is -2.28. The Bertz CT molecular complexity index is 788. The summed E-state index contributed by atoms with van der Waals surface area (Å²) in [6.45, 7) is 3.06. The molecule has 4 amide bonds. The molecule has 2 N–H and O–H groups in total. The molecule has 0 saturated carbocycles. The van der Waals surface area contributed by atoms with Crippen LogP contribution < -0.4 is 15.5 Å². The number of hydrogen-bond acceptors (Lipinski definition) is 8. The number of anilines is 1. The Balaban J connectivity index is 1.63. The van der Waals surface area contributed by atoms with Crippen molar-refractivity contribution < 1.29 is 19.2 Å². The smallest absolute Gasteiger partial charge is 0.282 e. The van der Waals surface area contributed by atoms with Gasteiger partial charge in [-0.2, -0.15) is 0 Å². The standard InChI is InChI=1S/C15H16N6O4/c22-10-2-1-8(13(23)19-10)21-14(24)11-12(15(21)25)18-9(7-17-11)20-5-3-16-4-6-20/h7-8,16H,1-6H2,(H,19,22,23). The van der Waals surface area contributed by atoms with E-state index in [2.05, 4.69) is 20.6 Å². The molecular formula is C15H16N6O4. The summed E-state index contributed by atoms with van der Waals surface area (Å²) in [6.07, 6.45) is 1.67. The van der Waals surface area contributed by atoms with E-state index in [1.807, 2.05) is 4.90 Å². The van der Waals surface area contributed by atoms with E-state index in [1.165, 1.54) is 6.20 Å². The summed E-state index contributed by atoms with van der Waals surface area (Å²) < 4.78 is 0. The number of carbonyl (C=O) groups is 4. The normalized spacial score (nSPS) is 23.8. The molecule has 1 aromatic rings. The van der Waals surface area contributed by atoms with Crippen molar-refractivity contribution in [1.82, 2.24) is 25.5 Å². The van der Waals surface area contributed by atoms with E-state index in [4.69, 9.17) is 0 Å². The Morgan fingerprint density at radius 1 is 1.04 bits per heavy atom. The molecule has 130 valence electrons. The lowest BCUT2D eigenvalue weighted by Crippen LogP contribution is -2.54. The molecule has 1 atom stereocenters. The van der Waals surface area contributed by atoms with Gasteiger partial charge in [-0.15, -0.1) is 0 Å². The maximum absolute atomic E-state index is 12.7. The first-order valence-corrected chi connectivity index (χ1v) is 8.10. The van der Waals surface area contributed by atoms with Crippen LogP contribution in [0.3, 0.4) is 0 Å².